The molecule has 0 radical (unpaired) electrons. The van der Waals surface area contributed by atoms with Crippen molar-refractivity contribution < 1.29 is 4.74 Å². The van der Waals surface area contributed by atoms with E-state index in [2.05, 4.69) is 78.4 Å². The van der Waals surface area contributed by atoms with Crippen LogP contribution in [0.3, 0.4) is 0 Å². The highest BCUT2D eigenvalue weighted by Gasteiger charge is 2.19. The fourth-order valence-electron chi connectivity index (χ4n) is 3.99. The van der Waals surface area contributed by atoms with Crippen molar-refractivity contribution in [3.63, 3.8) is 0 Å². The van der Waals surface area contributed by atoms with Gasteiger partial charge in [0.25, 0.3) is 0 Å². The maximum Gasteiger partial charge on any atom is 0.149 e. The van der Waals surface area contributed by atoms with E-state index in [1.54, 1.807) is 18.1 Å². The molecule has 2 heterocycles. The molecule has 0 bridgehead atoms. The lowest BCUT2D eigenvalue weighted by Gasteiger charge is -2.12. The van der Waals surface area contributed by atoms with E-state index in [1.165, 1.54) is 5.56 Å². The zero-order valence-corrected chi connectivity index (χ0v) is 19.5. The van der Waals surface area contributed by atoms with Gasteiger partial charge in [-0.3, -0.25) is 0 Å². The third-order valence-corrected chi connectivity index (χ3v) is 6.77. The molecule has 0 aliphatic heterocycles. The number of thioether (sulfide) groups is 1. The molecule has 0 aliphatic carbocycles. The summed E-state index contributed by atoms with van der Waals surface area (Å²) in [5.74, 6) is 0.864. The topological polar surface area (TPSA) is 39.9 Å². The molecule has 1 atom stereocenters. The lowest BCUT2D eigenvalue weighted by Crippen LogP contribution is -1.97. The van der Waals surface area contributed by atoms with Crippen molar-refractivity contribution in [3.8, 4) is 22.6 Å². The molecular weight excluding hydrogens is 426 g/mol. The predicted octanol–water partition coefficient (Wildman–Crippen LogP) is 7.34. The summed E-state index contributed by atoms with van der Waals surface area (Å²) < 4.78 is 7.77. The van der Waals surface area contributed by atoms with Gasteiger partial charge in [0, 0.05) is 22.7 Å². The molecule has 0 fully saturated rings. The Hall–Kier alpha value is -3.57. The number of hydrogen-bond acceptors (Lipinski definition) is 4. The van der Waals surface area contributed by atoms with Crippen LogP contribution >= 0.6 is 11.8 Å². The Morgan fingerprint density at radius 2 is 1.58 bits per heavy atom. The van der Waals surface area contributed by atoms with Crippen LogP contribution in [0.2, 0.25) is 0 Å². The lowest BCUT2D eigenvalue weighted by atomic mass is 10.1. The average molecular weight is 452 g/mol. The third kappa shape index (κ3) is 4.37. The first-order chi connectivity index (χ1) is 16.2. The summed E-state index contributed by atoms with van der Waals surface area (Å²) in [5.41, 5.74) is 5.49. The van der Waals surface area contributed by atoms with Gasteiger partial charge in [-0.25, -0.2) is 9.97 Å². The molecule has 0 amide bonds. The molecule has 5 aromatic rings. The smallest absolute Gasteiger partial charge is 0.149 e. The first-order valence-corrected chi connectivity index (χ1v) is 12.0. The summed E-state index contributed by atoms with van der Waals surface area (Å²) in [6.07, 6.45) is 3.84. The molecule has 0 saturated heterocycles. The van der Waals surface area contributed by atoms with Crippen LogP contribution in [-0.4, -0.2) is 21.1 Å². The molecule has 33 heavy (non-hydrogen) atoms. The number of rotatable bonds is 7. The van der Waals surface area contributed by atoms with Crippen LogP contribution in [0.15, 0.2) is 102 Å². The molecule has 5 rings (SSSR count). The molecule has 0 spiro atoms. The van der Waals surface area contributed by atoms with E-state index in [0.717, 1.165) is 38.6 Å². The quantitative estimate of drug-likeness (QED) is 0.192. The summed E-state index contributed by atoms with van der Waals surface area (Å²) in [5, 5.41) is 2.33. The van der Waals surface area contributed by atoms with Gasteiger partial charge >= 0.3 is 0 Å². The van der Waals surface area contributed by atoms with Crippen molar-refractivity contribution in [2.45, 2.75) is 24.1 Å². The highest BCUT2D eigenvalue weighted by atomic mass is 32.2. The number of hydrogen-bond donors (Lipinski definition) is 0. The maximum atomic E-state index is 5.63. The van der Waals surface area contributed by atoms with Crippen molar-refractivity contribution in [3.05, 3.63) is 103 Å². The van der Waals surface area contributed by atoms with Crippen LogP contribution < -0.4 is 4.74 Å². The summed E-state index contributed by atoms with van der Waals surface area (Å²) in [7, 11) is 0. The molecule has 0 unspecified atom stereocenters. The zero-order chi connectivity index (χ0) is 22.6. The van der Waals surface area contributed by atoms with E-state index < -0.39 is 0 Å². The van der Waals surface area contributed by atoms with Crippen LogP contribution in [0.5, 0.6) is 5.75 Å². The minimum atomic E-state index is 0.266. The van der Waals surface area contributed by atoms with Crippen molar-refractivity contribution in [1.82, 2.24) is 14.5 Å². The van der Waals surface area contributed by atoms with Crippen LogP contribution in [0.25, 0.3) is 27.8 Å². The van der Waals surface area contributed by atoms with E-state index in [0.29, 0.717) is 6.61 Å². The number of benzene rings is 3. The van der Waals surface area contributed by atoms with Gasteiger partial charge < -0.3 is 9.30 Å². The molecule has 0 aliphatic rings. The molecule has 2 aromatic heterocycles. The second-order valence-corrected chi connectivity index (χ2v) is 9.08. The second-order valence-electron chi connectivity index (χ2n) is 7.75. The Balaban J connectivity index is 1.65. The molecule has 0 saturated carbocycles. The highest BCUT2D eigenvalue weighted by molar-refractivity contribution is 7.99. The third-order valence-electron chi connectivity index (χ3n) is 5.62. The van der Waals surface area contributed by atoms with Crippen LogP contribution in [0.4, 0.5) is 0 Å². The summed E-state index contributed by atoms with van der Waals surface area (Å²) in [6.45, 7) is 4.86. The Kier molecular flexibility index (Phi) is 6.13. The fraction of sp³-hybridized carbons (Fsp3) is 0.143. The van der Waals surface area contributed by atoms with Gasteiger partial charge in [0.05, 0.1) is 12.0 Å². The van der Waals surface area contributed by atoms with E-state index in [-0.39, 0.29) is 5.25 Å². The van der Waals surface area contributed by atoms with Crippen molar-refractivity contribution in [2.75, 3.05) is 6.61 Å². The standard InChI is InChI=1S/C28H25N3OS/c1-3-32-24-16-14-23(15-17-24)31-18-25(22-12-8-5-9-13-22)26-27(31)29-19-30-28(26)33-20(2)21-10-6-4-7-11-21/h4-20H,3H2,1-2H3/t20-/m1/s1. The first-order valence-electron chi connectivity index (χ1n) is 11.1. The molecule has 0 N–H and O–H groups in total. The van der Waals surface area contributed by atoms with Crippen molar-refractivity contribution in [2.24, 2.45) is 0 Å². The molecule has 5 heteroatoms. The lowest BCUT2D eigenvalue weighted by molar-refractivity contribution is 0.340. The van der Waals surface area contributed by atoms with E-state index in [4.69, 9.17) is 14.7 Å². The highest BCUT2D eigenvalue weighted by Crippen LogP contribution is 2.41. The van der Waals surface area contributed by atoms with E-state index in [1.807, 2.05) is 31.2 Å². The van der Waals surface area contributed by atoms with Crippen molar-refractivity contribution in [1.29, 1.82) is 0 Å². The Morgan fingerprint density at radius 1 is 0.879 bits per heavy atom. The van der Waals surface area contributed by atoms with E-state index in [9.17, 15) is 0 Å². The number of fused-ring (bicyclic) bond motifs is 1. The van der Waals surface area contributed by atoms with Gasteiger partial charge in [-0.05, 0) is 49.2 Å². The van der Waals surface area contributed by atoms with Gasteiger partial charge in [-0.15, -0.1) is 0 Å². The summed E-state index contributed by atoms with van der Waals surface area (Å²) in [4.78, 5) is 9.43. The molecule has 4 nitrogen and oxygen atoms in total. The Labute approximate surface area is 198 Å². The maximum absolute atomic E-state index is 5.63. The Morgan fingerprint density at radius 3 is 2.27 bits per heavy atom. The molecular formula is C28H25N3OS. The predicted molar refractivity (Wildman–Crippen MR) is 136 cm³/mol. The van der Waals surface area contributed by atoms with Gasteiger partial charge in [0.15, 0.2) is 0 Å². The second kappa shape index (κ2) is 9.51. The minimum Gasteiger partial charge on any atom is -0.494 e. The zero-order valence-electron chi connectivity index (χ0n) is 18.7. The average Bonchev–Trinajstić information content (AvgIpc) is 3.26. The van der Waals surface area contributed by atoms with Gasteiger partial charge in [0.1, 0.15) is 22.7 Å². The molecule has 3 aromatic carbocycles. The van der Waals surface area contributed by atoms with Crippen LogP contribution in [0.1, 0.15) is 24.7 Å². The van der Waals surface area contributed by atoms with E-state index >= 15 is 0 Å². The van der Waals surface area contributed by atoms with Gasteiger partial charge in [0.2, 0.25) is 0 Å². The fourth-order valence-corrected chi connectivity index (χ4v) is 5.04. The number of nitrogens with zero attached hydrogens (tertiary/aromatic N) is 3. The van der Waals surface area contributed by atoms with Gasteiger partial charge in [-0.1, -0.05) is 72.4 Å². The summed E-state index contributed by atoms with van der Waals surface area (Å²) >= 11 is 1.77. The van der Waals surface area contributed by atoms with Gasteiger partial charge in [-0.2, -0.15) is 0 Å². The SMILES string of the molecule is CCOc1ccc(-n2cc(-c3ccccc3)c3c(S[C@H](C)c4ccccc4)ncnc32)cc1. The number of aromatic nitrogens is 3. The Bertz CT molecular complexity index is 1350. The van der Waals surface area contributed by atoms with Crippen molar-refractivity contribution >= 4 is 22.8 Å². The normalized spacial score (nSPS) is 12.1. The molecule has 164 valence electrons. The van der Waals surface area contributed by atoms with Crippen LogP contribution in [-0.2, 0) is 0 Å². The number of ether oxygens (including phenoxy) is 1. The first kappa shape index (κ1) is 21.3. The minimum absolute atomic E-state index is 0.266. The largest absolute Gasteiger partial charge is 0.494 e. The monoisotopic (exact) mass is 451 g/mol. The van der Waals surface area contributed by atoms with Crippen LogP contribution in [0, 0.1) is 0 Å². The summed E-state index contributed by atoms with van der Waals surface area (Å²) in [6, 6.07) is 29.1.